The summed E-state index contributed by atoms with van der Waals surface area (Å²) in [5, 5.41) is 0.518. The molecule has 0 amide bonds. The standard InChI is InChI=1S/C12H17ClN2OS/c1-8(2)5-9-6-11(13)15-12(14-9)10-7-17-4-3-16-10/h6,8,10H,3-5,7H2,1-2H3. The van der Waals surface area contributed by atoms with Gasteiger partial charge in [0.2, 0.25) is 0 Å². The van der Waals surface area contributed by atoms with Crippen LogP contribution in [0.4, 0.5) is 0 Å². The minimum absolute atomic E-state index is 0.00152. The van der Waals surface area contributed by atoms with E-state index in [1.54, 1.807) is 0 Å². The molecular formula is C12H17ClN2OS. The van der Waals surface area contributed by atoms with Crippen LogP contribution in [0.15, 0.2) is 6.07 Å². The molecule has 1 fully saturated rings. The van der Waals surface area contributed by atoms with Gasteiger partial charge >= 0.3 is 0 Å². The van der Waals surface area contributed by atoms with E-state index in [1.807, 2.05) is 17.8 Å². The molecule has 0 bridgehead atoms. The van der Waals surface area contributed by atoms with Crippen molar-refractivity contribution < 1.29 is 4.74 Å². The molecule has 0 radical (unpaired) electrons. The quantitative estimate of drug-likeness (QED) is 0.792. The second-order valence-electron chi connectivity index (χ2n) is 4.57. The third-order valence-corrected chi connectivity index (χ3v) is 3.67. The normalized spacial score (nSPS) is 20.8. The lowest BCUT2D eigenvalue weighted by Gasteiger charge is -2.21. The van der Waals surface area contributed by atoms with Crippen molar-refractivity contribution in [2.24, 2.45) is 5.92 Å². The molecule has 1 aliphatic rings. The summed E-state index contributed by atoms with van der Waals surface area (Å²) in [7, 11) is 0. The first kappa shape index (κ1) is 13.1. The Labute approximate surface area is 111 Å². The minimum Gasteiger partial charge on any atom is -0.368 e. The molecule has 0 aliphatic carbocycles. The van der Waals surface area contributed by atoms with Gasteiger partial charge in [-0.25, -0.2) is 9.97 Å². The van der Waals surface area contributed by atoms with Crippen LogP contribution in [0.5, 0.6) is 0 Å². The highest BCUT2D eigenvalue weighted by Gasteiger charge is 2.20. The van der Waals surface area contributed by atoms with Gasteiger partial charge in [-0.15, -0.1) is 0 Å². The smallest absolute Gasteiger partial charge is 0.159 e. The highest BCUT2D eigenvalue weighted by Crippen LogP contribution is 2.25. The van der Waals surface area contributed by atoms with Crippen LogP contribution in [0, 0.1) is 5.92 Å². The predicted octanol–water partition coefficient (Wildman–Crippen LogP) is 3.13. The Bertz CT molecular complexity index is 381. The first-order valence-electron chi connectivity index (χ1n) is 5.88. The summed E-state index contributed by atoms with van der Waals surface area (Å²) in [5.74, 6) is 3.27. The fourth-order valence-electron chi connectivity index (χ4n) is 1.79. The molecule has 0 N–H and O–H groups in total. The Morgan fingerprint density at radius 1 is 1.53 bits per heavy atom. The van der Waals surface area contributed by atoms with E-state index in [1.165, 1.54) is 0 Å². The van der Waals surface area contributed by atoms with E-state index in [4.69, 9.17) is 16.3 Å². The number of thioether (sulfide) groups is 1. The zero-order chi connectivity index (χ0) is 12.3. The molecule has 1 aromatic heterocycles. The van der Waals surface area contributed by atoms with Crippen molar-refractivity contribution in [1.29, 1.82) is 0 Å². The van der Waals surface area contributed by atoms with E-state index >= 15 is 0 Å². The average Bonchev–Trinajstić information content (AvgIpc) is 2.28. The molecule has 5 heteroatoms. The maximum atomic E-state index is 6.04. The van der Waals surface area contributed by atoms with Gasteiger partial charge < -0.3 is 4.74 Å². The molecule has 2 heterocycles. The van der Waals surface area contributed by atoms with Crippen molar-refractivity contribution in [3.8, 4) is 0 Å². The van der Waals surface area contributed by atoms with E-state index in [-0.39, 0.29) is 6.10 Å². The summed E-state index contributed by atoms with van der Waals surface area (Å²) in [5.41, 5.74) is 1.01. The molecule has 0 spiro atoms. The number of nitrogens with zero attached hydrogens (tertiary/aromatic N) is 2. The molecule has 1 aliphatic heterocycles. The molecule has 0 saturated carbocycles. The first-order valence-corrected chi connectivity index (χ1v) is 7.41. The topological polar surface area (TPSA) is 35.0 Å². The zero-order valence-corrected chi connectivity index (χ0v) is 11.7. The molecule has 3 nitrogen and oxygen atoms in total. The summed E-state index contributed by atoms with van der Waals surface area (Å²) in [6.07, 6.45) is 0.924. The van der Waals surface area contributed by atoms with Gasteiger partial charge in [-0.2, -0.15) is 11.8 Å². The van der Waals surface area contributed by atoms with Crippen molar-refractivity contribution in [3.63, 3.8) is 0 Å². The maximum Gasteiger partial charge on any atom is 0.159 e. The SMILES string of the molecule is CC(C)Cc1cc(Cl)nc(C2CSCCO2)n1. The molecule has 1 unspecified atom stereocenters. The van der Waals surface area contributed by atoms with Gasteiger partial charge in [0.15, 0.2) is 5.82 Å². The van der Waals surface area contributed by atoms with Crippen molar-refractivity contribution in [3.05, 3.63) is 22.7 Å². The van der Waals surface area contributed by atoms with E-state index < -0.39 is 0 Å². The fraction of sp³-hybridized carbons (Fsp3) is 0.667. The number of rotatable bonds is 3. The van der Waals surface area contributed by atoms with Crippen LogP contribution in [0.3, 0.4) is 0 Å². The number of hydrogen-bond acceptors (Lipinski definition) is 4. The van der Waals surface area contributed by atoms with Crippen LogP contribution in [0.25, 0.3) is 0 Å². The Hall–Kier alpha value is -0.320. The molecular weight excluding hydrogens is 256 g/mol. The van der Waals surface area contributed by atoms with Crippen LogP contribution >= 0.6 is 23.4 Å². The highest BCUT2D eigenvalue weighted by atomic mass is 35.5. The van der Waals surface area contributed by atoms with E-state index in [9.17, 15) is 0 Å². The summed E-state index contributed by atoms with van der Waals surface area (Å²) < 4.78 is 5.67. The van der Waals surface area contributed by atoms with Crippen LogP contribution in [0.1, 0.15) is 31.5 Å². The third-order valence-electron chi connectivity index (χ3n) is 2.49. The molecule has 1 atom stereocenters. The third kappa shape index (κ3) is 3.83. The number of aromatic nitrogens is 2. The molecule has 94 valence electrons. The monoisotopic (exact) mass is 272 g/mol. The van der Waals surface area contributed by atoms with Gasteiger partial charge in [-0.05, 0) is 18.4 Å². The van der Waals surface area contributed by atoms with Gasteiger partial charge in [0.1, 0.15) is 11.3 Å². The van der Waals surface area contributed by atoms with Gasteiger partial charge in [-0.3, -0.25) is 0 Å². The summed E-state index contributed by atoms with van der Waals surface area (Å²) in [6.45, 7) is 5.11. The second kappa shape index (κ2) is 6.03. The van der Waals surface area contributed by atoms with Crippen molar-refractivity contribution in [2.75, 3.05) is 18.1 Å². The van der Waals surface area contributed by atoms with E-state index in [2.05, 4.69) is 23.8 Å². The molecule has 1 aromatic rings. The lowest BCUT2D eigenvalue weighted by atomic mass is 10.1. The number of hydrogen-bond donors (Lipinski definition) is 0. The Kier molecular flexibility index (Phi) is 4.65. The van der Waals surface area contributed by atoms with Gasteiger partial charge in [0.05, 0.1) is 6.61 Å². The van der Waals surface area contributed by atoms with Crippen LogP contribution < -0.4 is 0 Å². The Balaban J connectivity index is 2.18. The van der Waals surface area contributed by atoms with Gasteiger partial charge in [-0.1, -0.05) is 25.4 Å². The van der Waals surface area contributed by atoms with Gasteiger partial charge in [0, 0.05) is 17.2 Å². The second-order valence-corrected chi connectivity index (χ2v) is 6.11. The summed E-state index contributed by atoms with van der Waals surface area (Å²) >= 11 is 7.91. The summed E-state index contributed by atoms with van der Waals surface area (Å²) in [4.78, 5) is 8.84. The minimum atomic E-state index is -0.00152. The average molecular weight is 273 g/mol. The van der Waals surface area contributed by atoms with Crippen molar-refractivity contribution >= 4 is 23.4 Å². The molecule has 0 aromatic carbocycles. The van der Waals surface area contributed by atoms with Crippen LogP contribution in [0.2, 0.25) is 5.15 Å². The molecule has 1 saturated heterocycles. The van der Waals surface area contributed by atoms with Crippen LogP contribution in [-0.4, -0.2) is 28.1 Å². The first-order chi connectivity index (χ1) is 8.15. The Morgan fingerprint density at radius 2 is 2.35 bits per heavy atom. The maximum absolute atomic E-state index is 6.04. The van der Waals surface area contributed by atoms with E-state index in [0.717, 1.165) is 36.1 Å². The Morgan fingerprint density at radius 3 is 3.00 bits per heavy atom. The molecule has 2 rings (SSSR count). The van der Waals surface area contributed by atoms with Crippen molar-refractivity contribution in [1.82, 2.24) is 9.97 Å². The fourth-order valence-corrected chi connectivity index (χ4v) is 2.84. The largest absolute Gasteiger partial charge is 0.368 e. The number of halogens is 1. The number of ether oxygens (including phenoxy) is 1. The zero-order valence-electron chi connectivity index (χ0n) is 10.1. The van der Waals surface area contributed by atoms with Crippen molar-refractivity contribution in [2.45, 2.75) is 26.4 Å². The van der Waals surface area contributed by atoms with Crippen LogP contribution in [-0.2, 0) is 11.2 Å². The lowest BCUT2D eigenvalue weighted by molar-refractivity contribution is 0.0692. The summed E-state index contributed by atoms with van der Waals surface area (Å²) in [6, 6.07) is 1.85. The van der Waals surface area contributed by atoms with E-state index in [0.29, 0.717) is 11.1 Å². The lowest BCUT2D eigenvalue weighted by Crippen LogP contribution is -2.19. The highest BCUT2D eigenvalue weighted by molar-refractivity contribution is 7.99. The van der Waals surface area contributed by atoms with Gasteiger partial charge in [0.25, 0.3) is 0 Å². The molecule has 17 heavy (non-hydrogen) atoms. The predicted molar refractivity (Wildman–Crippen MR) is 71.6 cm³/mol.